The third-order valence-corrected chi connectivity index (χ3v) is 7.44. The molecule has 3 fully saturated rings. The molecule has 4 aromatic rings. The quantitative estimate of drug-likeness (QED) is 0.426. The number of hydrogen-bond donors (Lipinski definition) is 1. The third-order valence-electron chi connectivity index (χ3n) is 7.44. The second kappa shape index (κ2) is 9.07. The Morgan fingerprint density at radius 2 is 1.86 bits per heavy atom. The summed E-state index contributed by atoms with van der Waals surface area (Å²) >= 11 is 0. The van der Waals surface area contributed by atoms with Crippen LogP contribution < -0.4 is 20.1 Å². The zero-order chi connectivity index (χ0) is 24.8. The van der Waals surface area contributed by atoms with Crippen molar-refractivity contribution in [3.63, 3.8) is 0 Å². The Balaban J connectivity index is 1.20. The van der Waals surface area contributed by atoms with Gasteiger partial charge in [-0.05, 0) is 37.1 Å². The first-order valence-electron chi connectivity index (χ1n) is 12.3. The summed E-state index contributed by atoms with van der Waals surface area (Å²) in [4.78, 5) is 14.2. The largest absolute Gasteiger partial charge is 0.495 e. The van der Waals surface area contributed by atoms with Crippen LogP contribution in [0.4, 0.5) is 5.82 Å². The number of ether oxygens (including phenoxy) is 2. The highest BCUT2D eigenvalue weighted by atomic mass is 16.5. The van der Waals surface area contributed by atoms with Crippen LogP contribution in [-0.4, -0.2) is 63.9 Å². The van der Waals surface area contributed by atoms with Gasteiger partial charge in [0.1, 0.15) is 11.6 Å². The van der Waals surface area contributed by atoms with E-state index in [9.17, 15) is 0 Å². The number of piperidine rings is 1. The predicted molar refractivity (Wildman–Crippen MR) is 138 cm³/mol. The smallest absolute Gasteiger partial charge is 0.212 e. The van der Waals surface area contributed by atoms with Gasteiger partial charge in [0, 0.05) is 72.9 Å². The number of fused-ring (bicyclic) bond motifs is 3. The average molecular weight is 486 g/mol. The van der Waals surface area contributed by atoms with E-state index in [4.69, 9.17) is 20.2 Å². The van der Waals surface area contributed by atoms with E-state index in [1.807, 2.05) is 48.4 Å². The molecule has 186 valence electrons. The van der Waals surface area contributed by atoms with E-state index in [1.165, 1.54) is 12.0 Å². The van der Waals surface area contributed by atoms with Crippen molar-refractivity contribution in [2.75, 3.05) is 32.2 Å². The molecule has 0 spiro atoms. The highest BCUT2D eigenvalue weighted by Gasteiger charge is 2.44. The lowest BCUT2D eigenvalue weighted by atomic mass is 9.87. The van der Waals surface area contributed by atoms with E-state index in [0.717, 1.165) is 53.4 Å². The first-order chi connectivity index (χ1) is 17.5. The summed E-state index contributed by atoms with van der Waals surface area (Å²) in [7, 11) is 3.31. The van der Waals surface area contributed by atoms with E-state index in [0.29, 0.717) is 18.0 Å². The van der Waals surface area contributed by atoms with Crippen LogP contribution in [0.5, 0.6) is 11.6 Å². The number of aromatic nitrogens is 4. The monoisotopic (exact) mass is 485 g/mol. The molecule has 3 atom stereocenters. The first-order valence-corrected chi connectivity index (χ1v) is 12.3. The van der Waals surface area contributed by atoms with Crippen molar-refractivity contribution < 1.29 is 9.47 Å². The van der Waals surface area contributed by atoms with E-state index in [2.05, 4.69) is 38.1 Å². The maximum absolute atomic E-state index is 6.23. The van der Waals surface area contributed by atoms with Crippen LogP contribution in [0, 0.1) is 0 Å². The Morgan fingerprint density at radius 3 is 2.50 bits per heavy atom. The fraction of sp³-hybridized carbons (Fsp3) is 0.370. The van der Waals surface area contributed by atoms with Gasteiger partial charge in [0.15, 0.2) is 0 Å². The predicted octanol–water partition coefficient (Wildman–Crippen LogP) is 3.29. The van der Waals surface area contributed by atoms with Gasteiger partial charge in [0.25, 0.3) is 0 Å². The van der Waals surface area contributed by atoms with Crippen molar-refractivity contribution in [3.8, 4) is 22.8 Å². The van der Waals surface area contributed by atoms with E-state index in [1.54, 1.807) is 14.2 Å². The molecule has 0 aliphatic carbocycles. The molecular weight excluding hydrogens is 454 g/mol. The lowest BCUT2D eigenvalue weighted by Gasteiger charge is -2.56. The van der Waals surface area contributed by atoms with Gasteiger partial charge >= 0.3 is 0 Å². The Labute approximate surface area is 210 Å². The zero-order valence-corrected chi connectivity index (χ0v) is 20.8. The summed E-state index contributed by atoms with van der Waals surface area (Å²) in [6.07, 6.45) is 8.81. The maximum Gasteiger partial charge on any atom is 0.212 e. The zero-order valence-electron chi connectivity index (χ0n) is 20.8. The maximum atomic E-state index is 6.23. The van der Waals surface area contributed by atoms with Crippen LogP contribution in [0.1, 0.15) is 30.5 Å². The SMILES string of the molecule is COc1cc(-c2ccc(N3CC4CC(C3)N4Cc3ccc(OC)nc3)nc2)c2c(C(C)N)cnn2c1. The first kappa shape index (κ1) is 22.8. The van der Waals surface area contributed by atoms with Gasteiger partial charge in [-0.2, -0.15) is 5.10 Å². The Bertz CT molecular complexity index is 1360. The number of nitrogens with zero attached hydrogens (tertiary/aromatic N) is 6. The van der Waals surface area contributed by atoms with Crippen molar-refractivity contribution in [2.24, 2.45) is 5.73 Å². The summed E-state index contributed by atoms with van der Waals surface area (Å²) in [5.41, 5.74) is 11.5. The Hall–Kier alpha value is -3.69. The average Bonchev–Trinajstić information content (AvgIpc) is 3.36. The molecule has 4 aromatic heterocycles. The van der Waals surface area contributed by atoms with Gasteiger partial charge in [0.05, 0.1) is 32.1 Å². The number of methoxy groups -OCH3 is 2. The molecule has 0 radical (unpaired) electrons. The number of nitrogens with two attached hydrogens (primary N) is 1. The lowest BCUT2D eigenvalue weighted by Crippen LogP contribution is -2.68. The molecule has 0 amide bonds. The molecule has 9 nitrogen and oxygen atoms in total. The van der Waals surface area contributed by atoms with Crippen molar-refractivity contribution in [1.29, 1.82) is 0 Å². The van der Waals surface area contributed by atoms with Crippen LogP contribution >= 0.6 is 0 Å². The minimum absolute atomic E-state index is 0.126. The van der Waals surface area contributed by atoms with Crippen molar-refractivity contribution in [3.05, 3.63) is 66.2 Å². The third kappa shape index (κ3) is 3.94. The van der Waals surface area contributed by atoms with Crippen molar-refractivity contribution >= 4 is 11.3 Å². The van der Waals surface area contributed by atoms with E-state index < -0.39 is 0 Å². The molecule has 3 saturated heterocycles. The van der Waals surface area contributed by atoms with Crippen LogP contribution in [0.2, 0.25) is 0 Å². The van der Waals surface area contributed by atoms with E-state index in [-0.39, 0.29) is 6.04 Å². The Morgan fingerprint density at radius 1 is 1.03 bits per heavy atom. The van der Waals surface area contributed by atoms with Crippen molar-refractivity contribution in [1.82, 2.24) is 24.5 Å². The van der Waals surface area contributed by atoms with Gasteiger partial charge in [0.2, 0.25) is 5.88 Å². The Kier molecular flexibility index (Phi) is 5.73. The normalized spacial score (nSPS) is 20.3. The van der Waals surface area contributed by atoms with Gasteiger partial charge < -0.3 is 20.1 Å². The van der Waals surface area contributed by atoms with Gasteiger partial charge in [-0.3, -0.25) is 4.90 Å². The standard InChI is InChI=1S/C27H31N7O2/c1-17(28)24-12-31-34-16-22(35-2)9-23(27(24)34)19-5-6-25(29-11-19)32-14-20-8-21(15-32)33(20)13-18-4-7-26(36-3)30-10-18/h4-7,9-12,16-17,20-21H,8,13-15,28H2,1-3H3. The highest BCUT2D eigenvalue weighted by molar-refractivity contribution is 5.84. The molecule has 2 N–H and O–H groups in total. The van der Waals surface area contributed by atoms with E-state index >= 15 is 0 Å². The summed E-state index contributed by atoms with van der Waals surface area (Å²) in [6.45, 7) is 4.86. The van der Waals surface area contributed by atoms with Gasteiger partial charge in [-0.1, -0.05) is 6.07 Å². The summed E-state index contributed by atoms with van der Waals surface area (Å²) in [5.74, 6) is 2.41. The second-order valence-electron chi connectivity index (χ2n) is 9.71. The summed E-state index contributed by atoms with van der Waals surface area (Å²) in [5, 5.41) is 4.50. The lowest BCUT2D eigenvalue weighted by molar-refractivity contribution is -0.00876. The molecule has 2 bridgehead atoms. The van der Waals surface area contributed by atoms with Crippen LogP contribution in [0.3, 0.4) is 0 Å². The fourth-order valence-corrected chi connectivity index (χ4v) is 5.49. The van der Waals surface area contributed by atoms with Gasteiger partial charge in [-0.25, -0.2) is 14.5 Å². The topological polar surface area (TPSA) is 94.0 Å². The van der Waals surface area contributed by atoms with Crippen molar-refractivity contribution in [2.45, 2.75) is 38.0 Å². The molecule has 0 aromatic carbocycles. The van der Waals surface area contributed by atoms with Crippen LogP contribution in [0.25, 0.3) is 16.6 Å². The molecular formula is C27H31N7O2. The number of anilines is 1. The summed E-state index contributed by atoms with van der Waals surface area (Å²) < 4.78 is 12.5. The highest BCUT2D eigenvalue weighted by Crippen LogP contribution is 2.37. The molecule has 36 heavy (non-hydrogen) atoms. The fourth-order valence-electron chi connectivity index (χ4n) is 5.49. The molecule has 3 unspecified atom stereocenters. The number of piperazine rings is 1. The second-order valence-corrected chi connectivity index (χ2v) is 9.71. The van der Waals surface area contributed by atoms with Gasteiger partial charge in [-0.15, -0.1) is 0 Å². The number of hydrogen-bond acceptors (Lipinski definition) is 8. The number of pyridine rings is 3. The molecule has 7 heterocycles. The molecule has 0 saturated carbocycles. The molecule has 3 aliphatic rings. The minimum Gasteiger partial charge on any atom is -0.495 e. The summed E-state index contributed by atoms with van der Waals surface area (Å²) in [6, 6.07) is 11.3. The molecule has 7 rings (SSSR count). The van der Waals surface area contributed by atoms with Crippen LogP contribution in [0.15, 0.2) is 55.1 Å². The molecule has 3 aliphatic heterocycles. The molecule has 9 heteroatoms. The number of rotatable bonds is 7. The van der Waals surface area contributed by atoms with Crippen LogP contribution in [-0.2, 0) is 6.54 Å². The minimum atomic E-state index is -0.126.